The van der Waals surface area contributed by atoms with Gasteiger partial charge in [0.25, 0.3) is 0 Å². The molecule has 6 nitrogen and oxygen atoms in total. The first-order valence-electron chi connectivity index (χ1n) is 28.0. The molecule has 0 aliphatic heterocycles. The highest BCUT2D eigenvalue weighted by Gasteiger charge is 2.18. The van der Waals surface area contributed by atoms with Gasteiger partial charge < -0.3 is 20.3 Å². The second kappa shape index (κ2) is 52.2. The number of aliphatic hydroxyl groups is 2. The number of carbonyl (C=O) groups excluding carboxylic acids is 2. The minimum atomic E-state index is -0.844. The van der Waals surface area contributed by atoms with Crippen LogP contribution in [0.2, 0.25) is 0 Å². The number of aliphatic hydroxyl groups excluding tert-OH is 2. The molecule has 6 heteroatoms. The quantitative estimate of drug-likeness (QED) is 0.0321. The third kappa shape index (κ3) is 48.1. The van der Waals surface area contributed by atoms with Crippen LogP contribution in [0, 0.1) is 0 Å². The molecule has 62 heavy (non-hydrogen) atoms. The van der Waals surface area contributed by atoms with Gasteiger partial charge in [0.1, 0.15) is 0 Å². The van der Waals surface area contributed by atoms with Crippen molar-refractivity contribution in [1.82, 2.24) is 5.32 Å². The molecule has 0 fully saturated rings. The zero-order valence-corrected chi connectivity index (χ0v) is 41.9. The maximum absolute atomic E-state index is 12.4. The minimum Gasteiger partial charge on any atom is -0.466 e. The van der Waals surface area contributed by atoms with E-state index < -0.39 is 12.1 Å². The zero-order chi connectivity index (χ0) is 45.1. The Labute approximate surface area is 387 Å². The molecular formula is C56H109NO5. The van der Waals surface area contributed by atoms with Gasteiger partial charge in [0, 0.05) is 12.8 Å². The predicted molar refractivity (Wildman–Crippen MR) is 269 cm³/mol. The first-order valence-corrected chi connectivity index (χ1v) is 28.0. The van der Waals surface area contributed by atoms with Crippen LogP contribution in [-0.4, -0.2) is 47.4 Å². The number of allylic oxidation sites excluding steroid dienone is 1. The van der Waals surface area contributed by atoms with Crippen LogP contribution in [0.1, 0.15) is 309 Å². The summed E-state index contributed by atoms with van der Waals surface area (Å²) in [7, 11) is 0. The largest absolute Gasteiger partial charge is 0.466 e. The van der Waals surface area contributed by atoms with Crippen LogP contribution in [0.5, 0.6) is 0 Å². The van der Waals surface area contributed by atoms with Gasteiger partial charge >= 0.3 is 5.97 Å². The number of nitrogens with one attached hydrogen (secondary N) is 1. The van der Waals surface area contributed by atoms with E-state index in [0.29, 0.717) is 19.4 Å². The van der Waals surface area contributed by atoms with Crippen molar-refractivity contribution in [1.29, 1.82) is 0 Å². The topological polar surface area (TPSA) is 95.9 Å². The lowest BCUT2D eigenvalue weighted by Gasteiger charge is -2.20. The molecule has 3 N–H and O–H groups in total. The monoisotopic (exact) mass is 876 g/mol. The summed E-state index contributed by atoms with van der Waals surface area (Å²) in [5.41, 5.74) is 0. The van der Waals surface area contributed by atoms with E-state index in [2.05, 4.69) is 19.2 Å². The smallest absolute Gasteiger partial charge is 0.305 e. The highest BCUT2D eigenvalue weighted by atomic mass is 16.5. The summed E-state index contributed by atoms with van der Waals surface area (Å²) in [5, 5.41) is 23.0. The van der Waals surface area contributed by atoms with E-state index in [0.717, 1.165) is 38.5 Å². The molecule has 2 unspecified atom stereocenters. The number of amides is 1. The minimum absolute atomic E-state index is 0.0105. The molecule has 0 spiro atoms. The van der Waals surface area contributed by atoms with E-state index in [1.165, 1.54) is 244 Å². The molecule has 0 rings (SSSR count). The van der Waals surface area contributed by atoms with E-state index in [4.69, 9.17) is 4.74 Å². The lowest BCUT2D eigenvalue weighted by molar-refractivity contribution is -0.143. The molecule has 0 bridgehead atoms. The summed E-state index contributed by atoms with van der Waals surface area (Å²) in [6.45, 7) is 4.89. The summed E-state index contributed by atoms with van der Waals surface area (Å²) in [6.07, 6.45) is 60.9. The molecule has 0 saturated heterocycles. The summed E-state index contributed by atoms with van der Waals surface area (Å²) >= 11 is 0. The molecule has 0 heterocycles. The fourth-order valence-electron chi connectivity index (χ4n) is 8.75. The Hall–Kier alpha value is -1.40. The van der Waals surface area contributed by atoms with Gasteiger partial charge in [-0.3, -0.25) is 9.59 Å². The number of carbonyl (C=O) groups is 2. The predicted octanol–water partition coefficient (Wildman–Crippen LogP) is 16.9. The Balaban J connectivity index is 3.37. The Morgan fingerprint density at radius 2 is 0.742 bits per heavy atom. The van der Waals surface area contributed by atoms with Crippen molar-refractivity contribution in [3.05, 3.63) is 12.2 Å². The molecule has 0 aliphatic carbocycles. The molecule has 2 atom stereocenters. The standard InChI is InChI=1S/C56H109NO5/c1-3-5-7-9-11-13-15-16-17-20-24-27-30-34-38-42-46-50-56(61)62-51-47-43-39-35-31-28-25-22-19-18-21-23-26-29-33-37-41-45-49-55(60)57-53(52-58)54(59)48-44-40-36-32-14-12-10-8-6-4-2/h44,48,53-54,58-59H,3-43,45-47,49-52H2,1-2H3,(H,57,60)/b48-44+. The Morgan fingerprint density at radius 1 is 0.435 bits per heavy atom. The van der Waals surface area contributed by atoms with Gasteiger partial charge in [-0.1, -0.05) is 276 Å². The zero-order valence-electron chi connectivity index (χ0n) is 41.9. The van der Waals surface area contributed by atoms with Crippen molar-refractivity contribution in [2.45, 2.75) is 321 Å². The van der Waals surface area contributed by atoms with Crippen LogP contribution < -0.4 is 5.32 Å². The molecule has 0 radical (unpaired) electrons. The van der Waals surface area contributed by atoms with E-state index in [9.17, 15) is 19.8 Å². The van der Waals surface area contributed by atoms with Crippen molar-refractivity contribution in [3.8, 4) is 0 Å². The first-order chi connectivity index (χ1) is 30.5. The van der Waals surface area contributed by atoms with Crippen LogP contribution in [0.25, 0.3) is 0 Å². The molecule has 0 saturated carbocycles. The summed E-state index contributed by atoms with van der Waals surface area (Å²) in [5.74, 6) is -0.0624. The fourth-order valence-corrected chi connectivity index (χ4v) is 8.75. The third-order valence-electron chi connectivity index (χ3n) is 13.1. The van der Waals surface area contributed by atoms with E-state index in [1.54, 1.807) is 6.08 Å². The van der Waals surface area contributed by atoms with Crippen LogP contribution in [-0.2, 0) is 14.3 Å². The Morgan fingerprint density at radius 3 is 1.10 bits per heavy atom. The number of ether oxygens (including phenoxy) is 1. The maximum atomic E-state index is 12.4. The van der Waals surface area contributed by atoms with E-state index >= 15 is 0 Å². The van der Waals surface area contributed by atoms with Crippen molar-refractivity contribution in [2.75, 3.05) is 13.2 Å². The average Bonchev–Trinajstić information content (AvgIpc) is 3.27. The lowest BCUT2D eigenvalue weighted by Crippen LogP contribution is -2.45. The molecule has 0 aromatic rings. The van der Waals surface area contributed by atoms with Crippen LogP contribution in [0.3, 0.4) is 0 Å². The number of hydrogen-bond acceptors (Lipinski definition) is 5. The molecule has 0 aliphatic rings. The molecule has 368 valence electrons. The lowest BCUT2D eigenvalue weighted by atomic mass is 10.0. The summed E-state index contributed by atoms with van der Waals surface area (Å²) < 4.78 is 5.49. The van der Waals surface area contributed by atoms with Gasteiger partial charge in [-0.15, -0.1) is 0 Å². The molecule has 0 aromatic carbocycles. The van der Waals surface area contributed by atoms with Crippen LogP contribution >= 0.6 is 0 Å². The van der Waals surface area contributed by atoms with Gasteiger partial charge in [0.05, 0.1) is 25.4 Å². The normalized spacial score (nSPS) is 12.6. The number of unbranched alkanes of at least 4 members (excludes halogenated alkanes) is 41. The number of hydrogen-bond donors (Lipinski definition) is 3. The van der Waals surface area contributed by atoms with Crippen molar-refractivity contribution in [3.63, 3.8) is 0 Å². The first kappa shape index (κ1) is 60.6. The average molecular weight is 876 g/mol. The molecule has 1 amide bonds. The van der Waals surface area contributed by atoms with Crippen LogP contribution in [0.15, 0.2) is 12.2 Å². The highest BCUT2D eigenvalue weighted by molar-refractivity contribution is 5.76. The summed E-state index contributed by atoms with van der Waals surface area (Å²) in [6, 6.07) is -0.628. The Kier molecular flexibility index (Phi) is 51.0. The third-order valence-corrected chi connectivity index (χ3v) is 13.1. The maximum Gasteiger partial charge on any atom is 0.305 e. The van der Waals surface area contributed by atoms with Crippen molar-refractivity contribution in [2.24, 2.45) is 0 Å². The fraction of sp³-hybridized carbons (Fsp3) is 0.929. The highest BCUT2D eigenvalue weighted by Crippen LogP contribution is 2.17. The van der Waals surface area contributed by atoms with Crippen LogP contribution in [0.4, 0.5) is 0 Å². The second-order valence-electron chi connectivity index (χ2n) is 19.3. The van der Waals surface area contributed by atoms with Gasteiger partial charge in [-0.25, -0.2) is 0 Å². The SMILES string of the molecule is CCCCCCCCCC/C=C/C(O)C(CO)NC(=O)CCCCCCCCCCCCCCCCCCCCOC(=O)CCCCCCCCCCCCCCCCCCC. The number of esters is 1. The summed E-state index contributed by atoms with van der Waals surface area (Å²) in [4.78, 5) is 24.5. The van der Waals surface area contributed by atoms with E-state index in [-0.39, 0.29) is 18.5 Å². The van der Waals surface area contributed by atoms with Gasteiger partial charge in [0.15, 0.2) is 0 Å². The second-order valence-corrected chi connectivity index (χ2v) is 19.3. The van der Waals surface area contributed by atoms with Gasteiger partial charge in [-0.05, 0) is 32.1 Å². The molecular weight excluding hydrogens is 767 g/mol. The van der Waals surface area contributed by atoms with E-state index in [1.807, 2.05) is 6.08 Å². The van der Waals surface area contributed by atoms with Gasteiger partial charge in [0.2, 0.25) is 5.91 Å². The van der Waals surface area contributed by atoms with Gasteiger partial charge in [-0.2, -0.15) is 0 Å². The Bertz CT molecular complexity index is 924. The van der Waals surface area contributed by atoms with Crippen molar-refractivity contribution < 1.29 is 24.5 Å². The number of rotatable bonds is 52. The van der Waals surface area contributed by atoms with Crippen molar-refractivity contribution >= 4 is 11.9 Å². The molecule has 0 aromatic heterocycles.